The maximum Gasteiger partial charge on any atom is 0.251 e. The fourth-order valence-electron chi connectivity index (χ4n) is 4.04. The van der Waals surface area contributed by atoms with Gasteiger partial charge in [0.25, 0.3) is 5.91 Å². The minimum absolute atomic E-state index is 0.107. The number of unbranched alkanes of at least 4 members (excludes halogenated alkanes) is 7. The summed E-state index contributed by atoms with van der Waals surface area (Å²) in [7, 11) is 4.20. The molecule has 0 aliphatic rings. The first kappa shape index (κ1) is 29.4. The minimum Gasteiger partial charge on any atom is -0.508 e. The molecule has 0 radical (unpaired) electrons. The second-order valence-electron chi connectivity index (χ2n) is 9.49. The van der Waals surface area contributed by atoms with Gasteiger partial charge in [0.15, 0.2) is 0 Å². The largest absolute Gasteiger partial charge is 0.508 e. The molecule has 1 rings (SSSR count). The van der Waals surface area contributed by atoms with Crippen molar-refractivity contribution in [1.29, 1.82) is 0 Å². The molecule has 0 fully saturated rings. The third kappa shape index (κ3) is 15.8. The molecule has 1 amide bonds. The van der Waals surface area contributed by atoms with Crippen molar-refractivity contribution in [1.82, 2.24) is 15.1 Å². The van der Waals surface area contributed by atoms with E-state index in [1.54, 1.807) is 12.1 Å². The standard InChI is InChI=1S/C27H49N3O3/c1-4-5-6-7-8-9-10-11-14-26(32)23-30(3)22-13-21-29(2)20-12-19-28-27(33)24-15-17-25(31)18-16-24/h15-18,26,31-32H,4-14,19-23H2,1-3H3,(H,28,33). The molecule has 1 unspecified atom stereocenters. The molecule has 0 aliphatic carbocycles. The molecule has 1 atom stereocenters. The predicted molar refractivity (Wildman–Crippen MR) is 138 cm³/mol. The van der Waals surface area contributed by atoms with E-state index >= 15 is 0 Å². The number of phenolic OH excluding ortho intramolecular Hbond substituents is 1. The Labute approximate surface area is 202 Å². The van der Waals surface area contributed by atoms with E-state index in [2.05, 4.69) is 36.1 Å². The van der Waals surface area contributed by atoms with Crippen LogP contribution in [0.5, 0.6) is 5.75 Å². The molecule has 0 saturated carbocycles. The van der Waals surface area contributed by atoms with Crippen molar-refractivity contribution in [3.63, 3.8) is 0 Å². The summed E-state index contributed by atoms with van der Waals surface area (Å²) in [4.78, 5) is 16.6. The second kappa shape index (κ2) is 18.8. The molecule has 0 aliphatic heterocycles. The van der Waals surface area contributed by atoms with E-state index in [4.69, 9.17) is 0 Å². The SMILES string of the molecule is CCCCCCCCCCC(O)CN(C)CCCN(C)CCCNC(=O)c1ccc(O)cc1. The number of aliphatic hydroxyl groups excluding tert-OH is 1. The van der Waals surface area contributed by atoms with E-state index in [0.717, 1.165) is 51.9 Å². The van der Waals surface area contributed by atoms with Crippen LogP contribution in [0, 0.1) is 0 Å². The Morgan fingerprint density at radius 1 is 0.848 bits per heavy atom. The number of rotatable bonds is 20. The van der Waals surface area contributed by atoms with E-state index in [-0.39, 0.29) is 17.8 Å². The van der Waals surface area contributed by atoms with Crippen molar-refractivity contribution in [2.24, 2.45) is 0 Å². The van der Waals surface area contributed by atoms with Gasteiger partial charge in [-0.1, -0.05) is 58.3 Å². The number of phenols is 1. The van der Waals surface area contributed by atoms with Crippen molar-refractivity contribution in [3.05, 3.63) is 29.8 Å². The Kier molecular flexibility index (Phi) is 16.7. The Hall–Kier alpha value is -1.63. The molecule has 6 heteroatoms. The lowest BCUT2D eigenvalue weighted by atomic mass is 10.1. The summed E-state index contributed by atoms with van der Waals surface area (Å²) in [5.74, 6) is 0.0571. The predicted octanol–water partition coefficient (Wildman–Crippen LogP) is 4.66. The van der Waals surface area contributed by atoms with E-state index in [1.807, 2.05) is 0 Å². The highest BCUT2D eigenvalue weighted by Gasteiger charge is 2.09. The number of aliphatic hydroxyl groups is 1. The first-order valence-electron chi connectivity index (χ1n) is 13.0. The lowest BCUT2D eigenvalue weighted by molar-refractivity contribution is 0.0951. The average Bonchev–Trinajstić information content (AvgIpc) is 2.78. The van der Waals surface area contributed by atoms with Gasteiger partial charge >= 0.3 is 0 Å². The number of nitrogens with one attached hydrogen (secondary N) is 1. The van der Waals surface area contributed by atoms with Gasteiger partial charge in [-0.2, -0.15) is 0 Å². The molecule has 1 aromatic carbocycles. The van der Waals surface area contributed by atoms with Crippen molar-refractivity contribution in [2.45, 2.75) is 83.7 Å². The van der Waals surface area contributed by atoms with Crippen LogP contribution in [-0.4, -0.2) is 78.8 Å². The van der Waals surface area contributed by atoms with Crippen LogP contribution in [0.3, 0.4) is 0 Å². The van der Waals surface area contributed by atoms with Gasteiger partial charge in [-0.25, -0.2) is 0 Å². The number of carbonyl (C=O) groups excluding carboxylic acids is 1. The number of aromatic hydroxyl groups is 1. The average molecular weight is 464 g/mol. The summed E-state index contributed by atoms with van der Waals surface area (Å²) < 4.78 is 0. The van der Waals surface area contributed by atoms with Gasteiger partial charge in [-0.15, -0.1) is 0 Å². The fourth-order valence-corrected chi connectivity index (χ4v) is 4.04. The van der Waals surface area contributed by atoms with E-state index in [9.17, 15) is 15.0 Å². The number of amides is 1. The van der Waals surface area contributed by atoms with Gasteiger partial charge in [0.1, 0.15) is 5.75 Å². The maximum absolute atomic E-state index is 12.1. The number of nitrogens with zero attached hydrogens (tertiary/aromatic N) is 2. The summed E-state index contributed by atoms with van der Waals surface area (Å²) in [6.45, 7) is 6.56. The molecule has 0 heterocycles. The summed E-state index contributed by atoms with van der Waals surface area (Å²) in [5, 5.41) is 22.5. The van der Waals surface area contributed by atoms with Crippen molar-refractivity contribution in [2.75, 3.05) is 46.8 Å². The minimum atomic E-state index is -0.218. The van der Waals surface area contributed by atoms with Crippen molar-refractivity contribution >= 4 is 5.91 Å². The van der Waals surface area contributed by atoms with Crippen LogP contribution in [-0.2, 0) is 0 Å². The van der Waals surface area contributed by atoms with Gasteiger partial charge in [0.05, 0.1) is 6.10 Å². The molecule has 1 aromatic rings. The highest BCUT2D eigenvalue weighted by Crippen LogP contribution is 2.11. The molecule has 0 bridgehead atoms. The third-order valence-electron chi connectivity index (χ3n) is 6.12. The Morgan fingerprint density at radius 2 is 1.42 bits per heavy atom. The number of hydrogen-bond donors (Lipinski definition) is 3. The summed E-state index contributed by atoms with van der Waals surface area (Å²) in [6, 6.07) is 6.30. The lowest BCUT2D eigenvalue weighted by Crippen LogP contribution is -2.32. The van der Waals surface area contributed by atoms with Crippen LogP contribution in [0.4, 0.5) is 0 Å². The van der Waals surface area contributed by atoms with E-state index < -0.39 is 0 Å². The molecule has 190 valence electrons. The highest BCUT2D eigenvalue weighted by molar-refractivity contribution is 5.94. The van der Waals surface area contributed by atoms with E-state index in [0.29, 0.717) is 12.1 Å². The van der Waals surface area contributed by atoms with Gasteiger partial charge in [-0.05, 0) is 77.3 Å². The Morgan fingerprint density at radius 3 is 2.09 bits per heavy atom. The fraction of sp³-hybridized carbons (Fsp3) is 0.741. The summed E-state index contributed by atoms with van der Waals surface area (Å²) in [6.07, 6.45) is 13.1. The lowest BCUT2D eigenvalue weighted by Gasteiger charge is -2.22. The Balaban J connectivity index is 1.98. The molecule has 6 nitrogen and oxygen atoms in total. The number of benzene rings is 1. The zero-order chi connectivity index (χ0) is 24.3. The Bertz CT molecular complexity index is 609. The van der Waals surface area contributed by atoms with Gasteiger partial charge in [0.2, 0.25) is 0 Å². The molecular weight excluding hydrogens is 414 g/mol. The number of hydrogen-bond acceptors (Lipinski definition) is 5. The van der Waals surface area contributed by atoms with Gasteiger partial charge in [-0.3, -0.25) is 4.79 Å². The van der Waals surface area contributed by atoms with Crippen LogP contribution in [0.15, 0.2) is 24.3 Å². The second-order valence-corrected chi connectivity index (χ2v) is 9.49. The quantitative estimate of drug-likeness (QED) is 0.245. The van der Waals surface area contributed by atoms with Crippen molar-refractivity contribution in [3.8, 4) is 5.75 Å². The zero-order valence-electron chi connectivity index (χ0n) is 21.4. The topological polar surface area (TPSA) is 76.0 Å². The molecular formula is C27H49N3O3. The zero-order valence-corrected chi connectivity index (χ0v) is 21.4. The van der Waals surface area contributed by atoms with E-state index in [1.165, 1.54) is 57.1 Å². The molecule has 0 saturated heterocycles. The molecule has 3 N–H and O–H groups in total. The van der Waals surface area contributed by atoms with Crippen LogP contribution < -0.4 is 5.32 Å². The molecule has 0 spiro atoms. The third-order valence-corrected chi connectivity index (χ3v) is 6.12. The highest BCUT2D eigenvalue weighted by atomic mass is 16.3. The molecule has 0 aromatic heterocycles. The summed E-state index contributed by atoms with van der Waals surface area (Å²) in [5.41, 5.74) is 0.564. The van der Waals surface area contributed by atoms with Crippen LogP contribution >= 0.6 is 0 Å². The van der Waals surface area contributed by atoms with Crippen LogP contribution in [0.2, 0.25) is 0 Å². The van der Waals surface area contributed by atoms with Crippen molar-refractivity contribution < 1.29 is 15.0 Å². The van der Waals surface area contributed by atoms with Crippen LogP contribution in [0.1, 0.15) is 87.9 Å². The van der Waals surface area contributed by atoms with Crippen LogP contribution in [0.25, 0.3) is 0 Å². The monoisotopic (exact) mass is 463 g/mol. The smallest absolute Gasteiger partial charge is 0.251 e. The maximum atomic E-state index is 12.1. The number of carbonyl (C=O) groups is 1. The number of likely N-dealkylation sites (N-methyl/N-ethyl adjacent to an activating group) is 1. The normalized spacial score (nSPS) is 12.4. The molecule has 33 heavy (non-hydrogen) atoms. The first-order valence-corrected chi connectivity index (χ1v) is 13.0. The summed E-state index contributed by atoms with van der Waals surface area (Å²) >= 11 is 0. The van der Waals surface area contributed by atoms with Gasteiger partial charge < -0.3 is 25.3 Å². The van der Waals surface area contributed by atoms with Gasteiger partial charge in [0, 0.05) is 18.7 Å². The first-order chi connectivity index (χ1) is 15.9.